The maximum absolute atomic E-state index is 11.3. The number of aromatic nitrogens is 1. The molecule has 0 radical (unpaired) electrons. The summed E-state index contributed by atoms with van der Waals surface area (Å²) >= 11 is 0. The van der Waals surface area contributed by atoms with Crippen molar-refractivity contribution in [3.8, 4) is 0 Å². The lowest BCUT2D eigenvalue weighted by Crippen LogP contribution is -2.22. The van der Waals surface area contributed by atoms with Crippen molar-refractivity contribution in [2.75, 3.05) is 12.0 Å². The Balaban J connectivity index is 2.28. The maximum atomic E-state index is 11.3. The van der Waals surface area contributed by atoms with Gasteiger partial charge in [-0.1, -0.05) is 0 Å². The van der Waals surface area contributed by atoms with Gasteiger partial charge in [-0.25, -0.2) is 8.42 Å². The van der Waals surface area contributed by atoms with Gasteiger partial charge in [0.15, 0.2) is 0 Å². The van der Waals surface area contributed by atoms with E-state index < -0.39 is 9.84 Å². The summed E-state index contributed by atoms with van der Waals surface area (Å²) in [6, 6.07) is 2.14. The Morgan fingerprint density at radius 3 is 2.94 bits per heavy atom. The van der Waals surface area contributed by atoms with Gasteiger partial charge in [-0.3, -0.25) is 0 Å². The third-order valence-corrected chi connectivity index (χ3v) is 4.49. The summed E-state index contributed by atoms with van der Waals surface area (Å²) < 4.78 is 24.7. The zero-order valence-electron chi connectivity index (χ0n) is 10.4. The third-order valence-electron chi connectivity index (χ3n) is 3.41. The Morgan fingerprint density at radius 2 is 2.29 bits per heavy atom. The van der Waals surface area contributed by atoms with Gasteiger partial charge in [0.25, 0.3) is 0 Å². The minimum absolute atomic E-state index is 0.0148. The van der Waals surface area contributed by atoms with Gasteiger partial charge < -0.3 is 10.3 Å². The molecule has 1 aromatic rings. The fourth-order valence-corrected chi connectivity index (χ4v) is 3.72. The van der Waals surface area contributed by atoms with Crippen molar-refractivity contribution in [1.29, 1.82) is 0 Å². The van der Waals surface area contributed by atoms with Gasteiger partial charge in [0.2, 0.25) is 0 Å². The normalized spacial score (nSPS) is 22.2. The molecule has 96 valence electrons. The SMILES string of the molecule is CC(CS(C)(=O)=O)n1ccc2c1CCCC2N. The van der Waals surface area contributed by atoms with Crippen LogP contribution in [0.25, 0.3) is 0 Å². The maximum Gasteiger partial charge on any atom is 0.149 e. The Morgan fingerprint density at radius 1 is 1.59 bits per heavy atom. The number of hydrogen-bond acceptors (Lipinski definition) is 3. The van der Waals surface area contributed by atoms with Crippen LogP contribution in [0, 0.1) is 0 Å². The topological polar surface area (TPSA) is 65.1 Å². The number of hydrogen-bond donors (Lipinski definition) is 1. The summed E-state index contributed by atoms with van der Waals surface area (Å²) in [4.78, 5) is 0. The highest BCUT2D eigenvalue weighted by Gasteiger charge is 2.23. The molecule has 2 rings (SSSR count). The summed E-state index contributed by atoms with van der Waals surface area (Å²) in [7, 11) is -2.94. The van der Waals surface area contributed by atoms with Gasteiger partial charge in [0, 0.05) is 30.2 Å². The molecule has 0 saturated heterocycles. The van der Waals surface area contributed by atoms with Crippen molar-refractivity contribution < 1.29 is 8.42 Å². The first-order valence-corrected chi connectivity index (χ1v) is 8.07. The van der Waals surface area contributed by atoms with E-state index in [4.69, 9.17) is 5.73 Å². The molecular weight excluding hydrogens is 236 g/mol. The molecule has 0 saturated carbocycles. The summed E-state index contributed by atoms with van der Waals surface area (Å²) in [6.07, 6.45) is 6.38. The molecule has 0 aromatic carbocycles. The summed E-state index contributed by atoms with van der Waals surface area (Å²) in [5.41, 5.74) is 8.47. The first kappa shape index (κ1) is 12.6. The standard InChI is InChI=1S/C12H20N2O2S/c1-9(8-17(2,15)16)14-7-6-10-11(13)4-3-5-12(10)14/h6-7,9,11H,3-5,8,13H2,1-2H3. The Hall–Kier alpha value is -0.810. The molecule has 4 nitrogen and oxygen atoms in total. The summed E-state index contributed by atoms with van der Waals surface area (Å²) in [5, 5.41) is 0. The van der Waals surface area contributed by atoms with Gasteiger partial charge in [-0.15, -0.1) is 0 Å². The van der Waals surface area contributed by atoms with Crippen LogP contribution in [-0.2, 0) is 16.3 Å². The summed E-state index contributed by atoms with van der Waals surface area (Å²) in [5.74, 6) is 0.184. The lowest BCUT2D eigenvalue weighted by atomic mass is 9.93. The molecule has 17 heavy (non-hydrogen) atoms. The van der Waals surface area contributed by atoms with E-state index in [1.165, 1.54) is 17.5 Å². The van der Waals surface area contributed by atoms with Crippen LogP contribution >= 0.6 is 0 Å². The van der Waals surface area contributed by atoms with Gasteiger partial charge in [0.05, 0.1) is 5.75 Å². The number of nitrogens with two attached hydrogens (primary N) is 1. The number of rotatable bonds is 3. The lowest BCUT2D eigenvalue weighted by molar-refractivity contribution is 0.509. The van der Waals surface area contributed by atoms with E-state index in [0.29, 0.717) is 0 Å². The Labute approximate surface area is 103 Å². The quantitative estimate of drug-likeness (QED) is 0.889. The fourth-order valence-electron chi connectivity index (χ4n) is 2.68. The number of sulfone groups is 1. The molecule has 0 spiro atoms. The molecule has 2 unspecified atom stereocenters. The molecule has 0 amide bonds. The molecular formula is C12H20N2O2S. The second kappa shape index (κ2) is 4.46. The first-order valence-electron chi connectivity index (χ1n) is 6.01. The van der Waals surface area contributed by atoms with Crippen LogP contribution in [-0.4, -0.2) is 25.0 Å². The van der Waals surface area contributed by atoms with Crippen LogP contribution in [0.5, 0.6) is 0 Å². The first-order chi connectivity index (χ1) is 7.88. The van der Waals surface area contributed by atoms with E-state index in [2.05, 4.69) is 4.57 Å². The average molecular weight is 256 g/mol. The largest absolute Gasteiger partial charge is 0.347 e. The summed E-state index contributed by atoms with van der Waals surface area (Å²) in [6.45, 7) is 1.95. The van der Waals surface area contributed by atoms with Crippen molar-refractivity contribution in [3.63, 3.8) is 0 Å². The minimum atomic E-state index is -2.94. The monoisotopic (exact) mass is 256 g/mol. The minimum Gasteiger partial charge on any atom is -0.347 e. The molecule has 1 aliphatic rings. The molecule has 1 aliphatic carbocycles. The molecule has 0 aliphatic heterocycles. The molecule has 5 heteroatoms. The Kier molecular flexibility index (Phi) is 3.32. The zero-order valence-corrected chi connectivity index (χ0v) is 11.2. The zero-order chi connectivity index (χ0) is 12.6. The average Bonchev–Trinajstić information content (AvgIpc) is 2.60. The molecule has 2 atom stereocenters. The van der Waals surface area contributed by atoms with Crippen molar-refractivity contribution in [3.05, 3.63) is 23.5 Å². The molecule has 1 aromatic heterocycles. The highest BCUT2D eigenvalue weighted by Crippen LogP contribution is 2.30. The van der Waals surface area contributed by atoms with Crippen molar-refractivity contribution in [1.82, 2.24) is 4.57 Å². The van der Waals surface area contributed by atoms with Gasteiger partial charge >= 0.3 is 0 Å². The van der Waals surface area contributed by atoms with Crippen LogP contribution in [0.15, 0.2) is 12.3 Å². The highest BCUT2D eigenvalue weighted by atomic mass is 32.2. The van der Waals surface area contributed by atoms with Gasteiger partial charge in [-0.05, 0) is 37.8 Å². The van der Waals surface area contributed by atoms with Gasteiger partial charge in [-0.2, -0.15) is 0 Å². The molecule has 0 fully saturated rings. The van der Waals surface area contributed by atoms with Crippen LogP contribution in [0.4, 0.5) is 0 Å². The van der Waals surface area contributed by atoms with Crippen LogP contribution in [0.1, 0.15) is 43.1 Å². The van der Waals surface area contributed by atoms with Crippen LogP contribution in [0.2, 0.25) is 0 Å². The van der Waals surface area contributed by atoms with Crippen LogP contribution < -0.4 is 5.73 Å². The van der Waals surface area contributed by atoms with E-state index in [1.54, 1.807) is 0 Å². The predicted molar refractivity (Wildman–Crippen MR) is 68.7 cm³/mol. The van der Waals surface area contributed by atoms with Crippen molar-refractivity contribution in [2.45, 2.75) is 38.3 Å². The predicted octanol–water partition coefficient (Wildman–Crippen LogP) is 1.43. The van der Waals surface area contributed by atoms with Crippen molar-refractivity contribution in [2.24, 2.45) is 5.73 Å². The van der Waals surface area contributed by atoms with E-state index >= 15 is 0 Å². The second-order valence-electron chi connectivity index (χ2n) is 5.07. The third kappa shape index (κ3) is 2.72. The van der Waals surface area contributed by atoms with E-state index in [9.17, 15) is 8.42 Å². The number of nitrogens with zero attached hydrogens (tertiary/aromatic N) is 1. The number of fused-ring (bicyclic) bond motifs is 1. The molecule has 1 heterocycles. The van der Waals surface area contributed by atoms with E-state index in [-0.39, 0.29) is 17.8 Å². The van der Waals surface area contributed by atoms with Crippen molar-refractivity contribution >= 4 is 9.84 Å². The van der Waals surface area contributed by atoms with E-state index in [1.807, 2.05) is 19.2 Å². The van der Waals surface area contributed by atoms with Crippen LogP contribution in [0.3, 0.4) is 0 Å². The fraction of sp³-hybridized carbons (Fsp3) is 0.667. The highest BCUT2D eigenvalue weighted by molar-refractivity contribution is 7.90. The molecule has 2 N–H and O–H groups in total. The Bertz CT molecular complexity index is 505. The lowest BCUT2D eigenvalue weighted by Gasteiger charge is -2.23. The smallest absolute Gasteiger partial charge is 0.149 e. The van der Waals surface area contributed by atoms with E-state index in [0.717, 1.165) is 19.3 Å². The van der Waals surface area contributed by atoms with Gasteiger partial charge in [0.1, 0.15) is 9.84 Å². The second-order valence-corrected chi connectivity index (χ2v) is 7.25. The molecule has 0 bridgehead atoms.